The molecule has 1 saturated carbocycles. The molecule has 1 amide bonds. The Kier molecular flexibility index (Phi) is 4.39. The summed E-state index contributed by atoms with van der Waals surface area (Å²) in [5.74, 6) is 1.27. The predicted molar refractivity (Wildman–Crippen MR) is 92.1 cm³/mol. The number of hydrogen-bond donors (Lipinski definition) is 1. The minimum atomic E-state index is 0.0569. The quantitative estimate of drug-likeness (QED) is 0.915. The molecule has 24 heavy (non-hydrogen) atoms. The molecule has 2 aromatic rings. The van der Waals surface area contributed by atoms with Gasteiger partial charge in [0.05, 0.1) is 12.1 Å². The Hall–Kier alpha value is -2.24. The van der Waals surface area contributed by atoms with Gasteiger partial charge in [0.1, 0.15) is 0 Å². The first-order valence-electron chi connectivity index (χ1n) is 8.52. The highest BCUT2D eigenvalue weighted by Crippen LogP contribution is 2.32. The Balaban J connectivity index is 1.82. The van der Waals surface area contributed by atoms with E-state index in [0.29, 0.717) is 18.3 Å². The van der Waals surface area contributed by atoms with Crippen LogP contribution in [0.15, 0.2) is 6.07 Å². The smallest absolute Gasteiger partial charge is 0.251 e. The van der Waals surface area contributed by atoms with Crippen LogP contribution in [0.5, 0.6) is 0 Å². The molecule has 0 saturated heterocycles. The fourth-order valence-corrected chi connectivity index (χ4v) is 3.11. The number of carbonyl (C=O) groups is 1. The first-order chi connectivity index (χ1) is 11.3. The molecule has 0 spiro atoms. The zero-order valence-electron chi connectivity index (χ0n) is 15.1. The summed E-state index contributed by atoms with van der Waals surface area (Å²) in [6.45, 7) is 9.87. The van der Waals surface area contributed by atoms with Crippen molar-refractivity contribution < 1.29 is 4.79 Å². The Labute approximate surface area is 142 Å². The van der Waals surface area contributed by atoms with Crippen LogP contribution in [-0.2, 0) is 11.2 Å². The van der Waals surface area contributed by atoms with Crippen molar-refractivity contribution in [3.8, 4) is 5.95 Å². The van der Waals surface area contributed by atoms with E-state index in [4.69, 9.17) is 0 Å². The molecule has 1 atom stereocenters. The van der Waals surface area contributed by atoms with Gasteiger partial charge in [-0.3, -0.25) is 4.79 Å². The molecule has 3 rings (SSSR count). The Morgan fingerprint density at radius 3 is 2.46 bits per heavy atom. The lowest BCUT2D eigenvalue weighted by atomic mass is 10.1. The molecule has 6 heteroatoms. The molecule has 1 aliphatic rings. The normalized spacial score (nSPS) is 15.4. The second-order valence-electron chi connectivity index (χ2n) is 6.88. The lowest BCUT2D eigenvalue weighted by Crippen LogP contribution is -2.35. The van der Waals surface area contributed by atoms with Crippen molar-refractivity contribution in [2.24, 2.45) is 5.92 Å². The summed E-state index contributed by atoms with van der Waals surface area (Å²) >= 11 is 0. The van der Waals surface area contributed by atoms with Gasteiger partial charge in [0, 0.05) is 28.7 Å². The largest absolute Gasteiger partial charge is 0.353 e. The third-order valence-corrected chi connectivity index (χ3v) is 4.66. The summed E-state index contributed by atoms with van der Waals surface area (Å²) in [6.07, 6.45) is 2.79. The maximum absolute atomic E-state index is 12.3. The molecule has 0 aliphatic heterocycles. The van der Waals surface area contributed by atoms with Crippen LogP contribution in [0.2, 0.25) is 0 Å². The Morgan fingerprint density at radius 2 is 1.88 bits per heavy atom. The highest BCUT2D eigenvalue weighted by molar-refractivity contribution is 5.79. The van der Waals surface area contributed by atoms with Crippen LogP contribution in [0.25, 0.3) is 5.95 Å². The Morgan fingerprint density at radius 1 is 1.25 bits per heavy atom. The summed E-state index contributed by atoms with van der Waals surface area (Å²) < 4.78 is 1.74. The van der Waals surface area contributed by atoms with Crippen LogP contribution in [0, 0.1) is 33.6 Å². The van der Waals surface area contributed by atoms with Crippen LogP contribution < -0.4 is 5.32 Å². The molecule has 1 N–H and O–H groups in total. The van der Waals surface area contributed by atoms with Gasteiger partial charge in [-0.05, 0) is 59.4 Å². The molecule has 128 valence electrons. The second kappa shape index (κ2) is 6.34. The molecule has 2 aromatic heterocycles. The molecule has 1 fully saturated rings. The monoisotopic (exact) mass is 327 g/mol. The highest BCUT2D eigenvalue weighted by atomic mass is 16.1. The number of amides is 1. The van der Waals surface area contributed by atoms with Crippen molar-refractivity contribution in [3.05, 3.63) is 34.4 Å². The first kappa shape index (κ1) is 16.6. The number of nitrogens with one attached hydrogen (secondary N) is 1. The maximum atomic E-state index is 12.3. The summed E-state index contributed by atoms with van der Waals surface area (Å²) in [5, 5.41) is 7.66. The number of carbonyl (C=O) groups excluding carboxylic acids is 1. The molecular formula is C18H25N5O. The predicted octanol–water partition coefficient (Wildman–Crippen LogP) is 2.35. The summed E-state index contributed by atoms with van der Waals surface area (Å²) in [7, 11) is 0. The number of nitrogens with zero attached hydrogens (tertiary/aromatic N) is 4. The van der Waals surface area contributed by atoms with Gasteiger partial charge < -0.3 is 5.32 Å². The van der Waals surface area contributed by atoms with E-state index in [0.717, 1.165) is 28.3 Å². The Bertz CT molecular complexity index is 756. The molecular weight excluding hydrogens is 302 g/mol. The average molecular weight is 327 g/mol. The van der Waals surface area contributed by atoms with Gasteiger partial charge in [-0.25, -0.2) is 14.6 Å². The van der Waals surface area contributed by atoms with E-state index in [9.17, 15) is 4.79 Å². The molecule has 0 aromatic carbocycles. The lowest BCUT2D eigenvalue weighted by molar-refractivity contribution is -0.121. The first-order valence-corrected chi connectivity index (χ1v) is 8.52. The fraction of sp³-hybridized carbons (Fsp3) is 0.556. The fourth-order valence-electron chi connectivity index (χ4n) is 3.11. The van der Waals surface area contributed by atoms with Crippen LogP contribution >= 0.6 is 0 Å². The van der Waals surface area contributed by atoms with Crippen molar-refractivity contribution in [1.29, 1.82) is 0 Å². The molecule has 2 heterocycles. The van der Waals surface area contributed by atoms with Gasteiger partial charge >= 0.3 is 0 Å². The van der Waals surface area contributed by atoms with Crippen molar-refractivity contribution in [2.45, 2.75) is 59.9 Å². The van der Waals surface area contributed by atoms with E-state index in [1.165, 1.54) is 12.8 Å². The summed E-state index contributed by atoms with van der Waals surface area (Å²) in [6, 6.07) is 2.19. The molecule has 6 nitrogen and oxygen atoms in total. The third-order valence-electron chi connectivity index (χ3n) is 4.66. The maximum Gasteiger partial charge on any atom is 0.251 e. The third kappa shape index (κ3) is 3.47. The van der Waals surface area contributed by atoms with Crippen molar-refractivity contribution in [2.75, 3.05) is 0 Å². The average Bonchev–Trinajstić information content (AvgIpc) is 3.29. The van der Waals surface area contributed by atoms with Gasteiger partial charge in [-0.15, -0.1) is 0 Å². The molecule has 0 radical (unpaired) electrons. The number of hydrogen-bond acceptors (Lipinski definition) is 4. The standard InChI is InChI=1S/C18H25N5O/c1-10-8-11(2)20-18(19-10)23-14(5)16(13(4)22-23)9-17(24)21-12(3)15-6-7-15/h8,12,15H,6-7,9H2,1-5H3,(H,21,24)/t12-/m0/s1. The second-order valence-corrected chi connectivity index (χ2v) is 6.88. The van der Waals surface area contributed by atoms with E-state index in [2.05, 4.69) is 27.3 Å². The topological polar surface area (TPSA) is 72.7 Å². The summed E-state index contributed by atoms with van der Waals surface area (Å²) in [5.41, 5.74) is 4.54. The number of rotatable bonds is 5. The van der Waals surface area contributed by atoms with Crippen LogP contribution in [-0.4, -0.2) is 31.7 Å². The van der Waals surface area contributed by atoms with Crippen molar-refractivity contribution in [1.82, 2.24) is 25.1 Å². The van der Waals surface area contributed by atoms with E-state index in [1.54, 1.807) is 4.68 Å². The lowest BCUT2D eigenvalue weighted by Gasteiger charge is -2.12. The van der Waals surface area contributed by atoms with Crippen molar-refractivity contribution in [3.63, 3.8) is 0 Å². The van der Waals surface area contributed by atoms with Crippen LogP contribution in [0.3, 0.4) is 0 Å². The van der Waals surface area contributed by atoms with Crippen LogP contribution in [0.1, 0.15) is 48.1 Å². The molecule has 0 unspecified atom stereocenters. The summed E-state index contributed by atoms with van der Waals surface area (Å²) in [4.78, 5) is 21.3. The molecule has 0 bridgehead atoms. The van der Waals surface area contributed by atoms with Gasteiger partial charge in [0.15, 0.2) is 0 Å². The SMILES string of the molecule is Cc1cc(C)nc(-n2nc(C)c(CC(=O)N[C@@H](C)C3CC3)c2C)n1. The van der Waals surface area contributed by atoms with E-state index >= 15 is 0 Å². The van der Waals surface area contributed by atoms with Gasteiger partial charge in [0.25, 0.3) is 5.95 Å². The zero-order chi connectivity index (χ0) is 17.4. The zero-order valence-corrected chi connectivity index (χ0v) is 15.1. The van der Waals surface area contributed by atoms with Gasteiger partial charge in [-0.1, -0.05) is 0 Å². The van der Waals surface area contributed by atoms with Crippen molar-refractivity contribution >= 4 is 5.91 Å². The highest BCUT2D eigenvalue weighted by Gasteiger charge is 2.29. The van der Waals surface area contributed by atoms with Gasteiger partial charge in [0.2, 0.25) is 5.91 Å². The van der Waals surface area contributed by atoms with Gasteiger partial charge in [-0.2, -0.15) is 5.10 Å². The van der Waals surface area contributed by atoms with E-state index in [-0.39, 0.29) is 11.9 Å². The van der Waals surface area contributed by atoms with E-state index < -0.39 is 0 Å². The number of aryl methyl sites for hydroxylation is 3. The van der Waals surface area contributed by atoms with Crippen LogP contribution in [0.4, 0.5) is 0 Å². The number of aromatic nitrogens is 4. The molecule has 1 aliphatic carbocycles. The minimum absolute atomic E-state index is 0.0569. The van der Waals surface area contributed by atoms with E-state index in [1.807, 2.05) is 33.8 Å². The minimum Gasteiger partial charge on any atom is -0.353 e.